The Kier molecular flexibility index (Phi) is 7.10. The van der Waals surface area contributed by atoms with Crippen molar-refractivity contribution in [2.75, 3.05) is 16.8 Å². The molecule has 1 saturated heterocycles. The summed E-state index contributed by atoms with van der Waals surface area (Å²) in [6, 6.07) is 20.7. The van der Waals surface area contributed by atoms with Crippen molar-refractivity contribution < 1.29 is 32.3 Å². The lowest BCUT2D eigenvalue weighted by Gasteiger charge is -2.43. The second-order valence-electron chi connectivity index (χ2n) is 12.3. The molecule has 3 amide bonds. The summed E-state index contributed by atoms with van der Waals surface area (Å²) in [6.07, 6.45) is -4.01. The molecule has 2 saturated carbocycles. The summed E-state index contributed by atoms with van der Waals surface area (Å²) in [5, 5.41) is 3.38. The Balaban J connectivity index is 1.13. The molecule has 47 heavy (non-hydrogen) atoms. The van der Waals surface area contributed by atoms with Crippen LogP contribution >= 0.6 is 23.1 Å². The van der Waals surface area contributed by atoms with Crippen molar-refractivity contribution in [3.8, 4) is 5.75 Å². The van der Waals surface area contributed by atoms with Gasteiger partial charge in [0.25, 0.3) is 5.91 Å². The molecule has 3 heterocycles. The minimum Gasteiger partial charge on any atom is -0.483 e. The largest absolute Gasteiger partial charge is 0.483 e. The molecule has 2 N–H and O–H groups in total. The van der Waals surface area contributed by atoms with Crippen LogP contribution in [0.15, 0.2) is 88.7 Å². The summed E-state index contributed by atoms with van der Waals surface area (Å²) >= 11 is 2.61. The molecule has 2 aliphatic carbocycles. The van der Waals surface area contributed by atoms with E-state index in [1.54, 1.807) is 24.3 Å². The molecule has 3 aromatic carbocycles. The first kappa shape index (κ1) is 30.0. The van der Waals surface area contributed by atoms with Crippen molar-refractivity contribution in [2.45, 2.75) is 28.8 Å². The van der Waals surface area contributed by atoms with E-state index in [1.165, 1.54) is 23.9 Å². The second kappa shape index (κ2) is 11.1. The molecule has 1 aromatic heterocycles. The number of rotatable bonds is 6. The van der Waals surface area contributed by atoms with Gasteiger partial charge in [-0.2, -0.15) is 13.2 Å². The normalized spacial score (nSPS) is 27.4. The van der Waals surface area contributed by atoms with Crippen LogP contribution in [0.25, 0.3) is 0 Å². The van der Waals surface area contributed by atoms with Gasteiger partial charge >= 0.3 is 11.0 Å². The van der Waals surface area contributed by atoms with E-state index < -0.39 is 35.4 Å². The maximum Gasteiger partial charge on any atom is 0.416 e. The number of nitrogens with one attached hydrogen (secondary N) is 2. The van der Waals surface area contributed by atoms with Crippen molar-refractivity contribution in [3.05, 3.63) is 105 Å². The molecule has 7 atom stereocenters. The first-order chi connectivity index (χ1) is 22.6. The highest BCUT2D eigenvalue weighted by Gasteiger charge is 2.70. The summed E-state index contributed by atoms with van der Waals surface area (Å²) in [5.41, 5.74) is 0.395. The number of nitrogens with zero attached hydrogens (tertiary/aromatic N) is 1. The number of imide groups is 1. The fraction of sp³-hybridized carbons (Fsp3) is 0.294. The van der Waals surface area contributed by atoms with Crippen molar-refractivity contribution in [1.82, 2.24) is 4.98 Å². The Bertz CT molecular complexity index is 1980. The molecule has 13 heteroatoms. The zero-order chi connectivity index (χ0) is 32.6. The molecule has 240 valence electrons. The Morgan fingerprint density at radius 1 is 0.936 bits per heavy atom. The van der Waals surface area contributed by atoms with E-state index in [4.69, 9.17) is 4.74 Å². The molecule has 2 aliphatic heterocycles. The first-order valence-electron chi connectivity index (χ1n) is 15.1. The van der Waals surface area contributed by atoms with Crippen molar-refractivity contribution in [3.63, 3.8) is 0 Å². The van der Waals surface area contributed by atoms with Crippen LogP contribution in [0.5, 0.6) is 5.75 Å². The standard InChI is InChI=1S/C34H26F3N3O5S2/c35-34(36,37)16-7-6-10-18(13-16)40-31(42)26-20-14-21(27(26)32(40)43)28-25(20)24(29-30(46-28)39-33(44)47-29)19-11-4-5-12-22(19)45-15-23(41)38-17-8-2-1-3-9-17/h1-13,20-21,24-28H,14-15H2,(H,38,41)(H,39,44)/t20-,21-,24+,25-,26+,27+,28-/m1/s1. The SMILES string of the molecule is O=C(COc1ccccc1[C@@H]1c2sc(=O)[nH]c2S[C@@H]2[C@@H]3C[C@@H]([C@@H]4C(=O)N(c5cccc(C(F)(F)F)c5)C(=O)[C@@H]34)[C@H]12)Nc1ccccc1. The number of hydrogen-bond acceptors (Lipinski definition) is 7. The van der Waals surface area contributed by atoms with E-state index >= 15 is 0 Å². The molecule has 8 nitrogen and oxygen atoms in total. The van der Waals surface area contributed by atoms with Gasteiger partial charge in [0.1, 0.15) is 5.75 Å². The molecule has 0 radical (unpaired) electrons. The van der Waals surface area contributed by atoms with E-state index in [2.05, 4.69) is 10.3 Å². The average molecular weight is 678 g/mol. The van der Waals surface area contributed by atoms with E-state index in [-0.39, 0.29) is 52.0 Å². The summed E-state index contributed by atoms with van der Waals surface area (Å²) in [5.74, 6) is -3.16. The number of H-pyrrole nitrogens is 1. The molecule has 8 rings (SSSR count). The highest BCUT2D eigenvalue weighted by Crippen LogP contribution is 2.69. The van der Waals surface area contributed by atoms with Crippen molar-refractivity contribution in [2.24, 2.45) is 29.6 Å². The van der Waals surface area contributed by atoms with Crippen molar-refractivity contribution in [1.29, 1.82) is 0 Å². The van der Waals surface area contributed by atoms with Gasteiger partial charge in [-0.3, -0.25) is 24.1 Å². The Labute approximate surface area is 274 Å². The number of carbonyl (C=O) groups is 3. The Morgan fingerprint density at radius 2 is 1.66 bits per heavy atom. The van der Waals surface area contributed by atoms with Crippen LogP contribution in [-0.4, -0.2) is 34.6 Å². The first-order valence-corrected chi connectivity index (χ1v) is 16.8. The number of halogens is 3. The minimum absolute atomic E-state index is 0.0771. The minimum atomic E-state index is -4.62. The quantitative estimate of drug-likeness (QED) is 0.237. The fourth-order valence-electron chi connectivity index (χ4n) is 8.17. The lowest BCUT2D eigenvalue weighted by molar-refractivity contribution is -0.137. The average Bonchev–Trinajstić information content (AvgIpc) is 3.79. The number of alkyl halides is 3. The lowest BCUT2D eigenvalue weighted by atomic mass is 9.68. The number of para-hydroxylation sites is 2. The second-order valence-corrected chi connectivity index (χ2v) is 14.5. The number of carbonyl (C=O) groups excluding carboxylic acids is 3. The highest BCUT2D eigenvalue weighted by atomic mass is 32.2. The third-order valence-corrected chi connectivity index (χ3v) is 12.4. The molecular formula is C34H26F3N3O5S2. The van der Waals surface area contributed by atoms with Crippen LogP contribution in [0, 0.1) is 29.6 Å². The number of anilines is 2. The van der Waals surface area contributed by atoms with Crippen LogP contribution < -0.4 is 19.8 Å². The van der Waals surface area contributed by atoms with Crippen molar-refractivity contribution >= 4 is 52.2 Å². The number of aromatic amines is 1. The maximum absolute atomic E-state index is 14.0. The predicted octanol–water partition coefficient (Wildman–Crippen LogP) is 6.15. The van der Waals surface area contributed by atoms with Gasteiger partial charge in [-0.25, -0.2) is 0 Å². The summed E-state index contributed by atoms with van der Waals surface area (Å²) in [4.78, 5) is 57.8. The van der Waals surface area contributed by atoms with E-state index in [0.717, 1.165) is 38.8 Å². The topological polar surface area (TPSA) is 109 Å². The number of fused-ring (bicyclic) bond motifs is 9. The molecule has 3 fully saturated rings. The molecule has 0 unspecified atom stereocenters. The number of ether oxygens (including phenoxy) is 1. The molecule has 2 bridgehead atoms. The molecule has 4 aromatic rings. The van der Waals surface area contributed by atoms with E-state index in [1.807, 2.05) is 30.3 Å². The number of thiazole rings is 1. The van der Waals surface area contributed by atoms with Crippen LogP contribution in [0.1, 0.15) is 28.3 Å². The number of amides is 3. The number of thioether (sulfide) groups is 1. The maximum atomic E-state index is 14.0. The highest BCUT2D eigenvalue weighted by molar-refractivity contribution is 8.00. The van der Waals surface area contributed by atoms with Gasteiger partial charge in [0.15, 0.2) is 6.61 Å². The third kappa shape index (κ3) is 4.89. The number of hydrogen-bond donors (Lipinski definition) is 2. The summed E-state index contributed by atoms with van der Waals surface area (Å²) in [7, 11) is 0. The molecular weight excluding hydrogens is 652 g/mol. The van der Waals surface area contributed by atoms with E-state index in [0.29, 0.717) is 22.9 Å². The van der Waals surface area contributed by atoms with Gasteiger partial charge < -0.3 is 15.0 Å². The monoisotopic (exact) mass is 677 g/mol. The van der Waals surface area contributed by atoms with Gasteiger partial charge in [-0.1, -0.05) is 53.8 Å². The van der Waals surface area contributed by atoms with Gasteiger partial charge in [0.2, 0.25) is 11.8 Å². The van der Waals surface area contributed by atoms with Crippen LogP contribution in [0.4, 0.5) is 24.5 Å². The predicted molar refractivity (Wildman–Crippen MR) is 169 cm³/mol. The van der Waals surface area contributed by atoms with Gasteiger partial charge in [0, 0.05) is 27.3 Å². The van der Waals surface area contributed by atoms with Gasteiger partial charge in [0.05, 0.1) is 28.1 Å². The van der Waals surface area contributed by atoms with Crippen LogP contribution in [-0.2, 0) is 20.6 Å². The van der Waals surface area contributed by atoms with Crippen LogP contribution in [0.2, 0.25) is 0 Å². The van der Waals surface area contributed by atoms with Gasteiger partial charge in [-0.15, -0.1) is 11.8 Å². The van der Waals surface area contributed by atoms with E-state index in [9.17, 15) is 32.3 Å². The summed E-state index contributed by atoms with van der Waals surface area (Å²) < 4.78 is 46.7. The lowest BCUT2D eigenvalue weighted by Crippen LogP contribution is -2.42. The third-order valence-electron chi connectivity index (χ3n) is 9.83. The fourth-order valence-corrected chi connectivity index (χ4v) is 11.1. The molecule has 4 aliphatic rings. The Morgan fingerprint density at radius 3 is 2.43 bits per heavy atom. The van der Waals surface area contributed by atoms with Gasteiger partial charge in [-0.05, 0) is 60.6 Å². The zero-order valence-corrected chi connectivity index (χ0v) is 26.0. The smallest absolute Gasteiger partial charge is 0.416 e. The number of benzene rings is 3. The molecule has 0 spiro atoms. The summed E-state index contributed by atoms with van der Waals surface area (Å²) in [6.45, 7) is -0.257. The zero-order valence-electron chi connectivity index (χ0n) is 24.4. The Hall–Kier alpha value is -4.36. The number of aromatic nitrogens is 1. The van der Waals surface area contributed by atoms with Crippen LogP contribution in [0.3, 0.4) is 0 Å².